The molecule has 0 unspecified atom stereocenters. The molecule has 1 heterocycles. The third-order valence-electron chi connectivity index (χ3n) is 3.04. The fourth-order valence-corrected chi connectivity index (χ4v) is 2.66. The smallest absolute Gasteiger partial charge is 0.209 e. The van der Waals surface area contributed by atoms with Gasteiger partial charge in [-0.1, -0.05) is 36.0 Å². The zero-order valence-corrected chi connectivity index (χ0v) is 12.3. The number of hydrogen-bond donors (Lipinski definition) is 1. The number of nitrogens with one attached hydrogen (secondary N) is 1. The molecule has 0 aliphatic heterocycles. The highest BCUT2D eigenvalue weighted by atomic mass is 32.2. The molecule has 0 spiro atoms. The van der Waals surface area contributed by atoms with Crippen LogP contribution in [0, 0.1) is 17.1 Å². The van der Waals surface area contributed by atoms with Crippen LogP contribution in [0.15, 0.2) is 53.7 Å². The lowest BCUT2D eigenvalue weighted by atomic mass is 10.2. The van der Waals surface area contributed by atoms with Gasteiger partial charge in [-0.25, -0.2) is 9.37 Å². The number of halogens is 1. The molecule has 0 fully saturated rings. The SMILES string of the molecule is N#Cc1ccc(CSc2n[nH]c(-c3ccccc3F)n2)cc1. The largest absolute Gasteiger partial charge is 0.258 e. The second kappa shape index (κ2) is 6.41. The van der Waals surface area contributed by atoms with Gasteiger partial charge in [0.2, 0.25) is 5.16 Å². The third-order valence-corrected chi connectivity index (χ3v) is 3.96. The molecule has 0 aliphatic rings. The minimum atomic E-state index is -0.331. The lowest BCUT2D eigenvalue weighted by Gasteiger charge is -1.98. The number of rotatable bonds is 4. The van der Waals surface area contributed by atoms with Gasteiger partial charge in [-0.3, -0.25) is 5.10 Å². The van der Waals surface area contributed by atoms with Gasteiger partial charge in [-0.05, 0) is 29.8 Å². The maximum absolute atomic E-state index is 13.7. The van der Waals surface area contributed by atoms with Crippen molar-refractivity contribution in [1.29, 1.82) is 5.26 Å². The van der Waals surface area contributed by atoms with Gasteiger partial charge in [0.15, 0.2) is 5.82 Å². The predicted molar refractivity (Wildman–Crippen MR) is 82.5 cm³/mol. The Hall–Kier alpha value is -2.65. The Morgan fingerprint density at radius 1 is 1.14 bits per heavy atom. The van der Waals surface area contributed by atoms with E-state index >= 15 is 0 Å². The average molecular weight is 310 g/mol. The predicted octanol–water partition coefficient (Wildman–Crippen LogP) is 3.77. The summed E-state index contributed by atoms with van der Waals surface area (Å²) in [6.45, 7) is 0. The van der Waals surface area contributed by atoms with Crippen molar-refractivity contribution >= 4 is 11.8 Å². The monoisotopic (exact) mass is 310 g/mol. The van der Waals surface area contributed by atoms with Gasteiger partial charge in [0.25, 0.3) is 0 Å². The van der Waals surface area contributed by atoms with Gasteiger partial charge >= 0.3 is 0 Å². The number of hydrogen-bond acceptors (Lipinski definition) is 4. The number of H-pyrrole nitrogens is 1. The van der Waals surface area contributed by atoms with Crippen molar-refractivity contribution in [1.82, 2.24) is 15.2 Å². The van der Waals surface area contributed by atoms with Gasteiger partial charge in [0.1, 0.15) is 5.82 Å². The van der Waals surface area contributed by atoms with Crippen LogP contribution < -0.4 is 0 Å². The highest BCUT2D eigenvalue weighted by molar-refractivity contribution is 7.98. The molecule has 3 rings (SSSR count). The van der Waals surface area contributed by atoms with E-state index in [9.17, 15) is 4.39 Å². The molecule has 0 atom stereocenters. The number of nitriles is 1. The Bertz CT molecular complexity index is 821. The van der Waals surface area contributed by atoms with E-state index in [4.69, 9.17) is 5.26 Å². The Kier molecular flexibility index (Phi) is 4.17. The minimum Gasteiger partial charge on any atom is -0.258 e. The molecule has 0 saturated heterocycles. The van der Waals surface area contributed by atoms with Crippen molar-refractivity contribution < 1.29 is 4.39 Å². The van der Waals surface area contributed by atoms with Crippen LogP contribution >= 0.6 is 11.8 Å². The summed E-state index contributed by atoms with van der Waals surface area (Å²) in [5.41, 5.74) is 2.11. The highest BCUT2D eigenvalue weighted by Gasteiger charge is 2.10. The zero-order valence-electron chi connectivity index (χ0n) is 11.5. The minimum absolute atomic E-state index is 0.331. The average Bonchev–Trinajstić information content (AvgIpc) is 3.02. The molecule has 6 heteroatoms. The second-order valence-electron chi connectivity index (χ2n) is 4.54. The summed E-state index contributed by atoms with van der Waals surface area (Å²) in [5.74, 6) is 0.767. The van der Waals surface area contributed by atoms with Crippen LogP contribution in [0.3, 0.4) is 0 Å². The van der Waals surface area contributed by atoms with E-state index in [2.05, 4.69) is 21.3 Å². The van der Waals surface area contributed by atoms with E-state index in [1.165, 1.54) is 17.8 Å². The first kappa shape index (κ1) is 14.3. The Balaban J connectivity index is 1.69. The number of aromatic amines is 1. The van der Waals surface area contributed by atoms with Crippen molar-refractivity contribution in [2.24, 2.45) is 0 Å². The maximum atomic E-state index is 13.7. The summed E-state index contributed by atoms with van der Waals surface area (Å²) < 4.78 is 13.7. The first-order chi connectivity index (χ1) is 10.8. The lowest BCUT2D eigenvalue weighted by Crippen LogP contribution is -1.85. The normalized spacial score (nSPS) is 10.4. The summed E-state index contributed by atoms with van der Waals surface area (Å²) in [7, 11) is 0. The Morgan fingerprint density at radius 3 is 2.64 bits per heavy atom. The van der Waals surface area contributed by atoms with Gasteiger partial charge in [0, 0.05) is 5.75 Å². The van der Waals surface area contributed by atoms with E-state index in [-0.39, 0.29) is 5.82 Å². The molecule has 0 saturated carbocycles. The second-order valence-corrected chi connectivity index (χ2v) is 5.49. The molecule has 0 aliphatic carbocycles. The molecule has 0 bridgehead atoms. The number of aromatic nitrogens is 3. The van der Waals surface area contributed by atoms with E-state index < -0.39 is 0 Å². The first-order valence-corrected chi connectivity index (χ1v) is 7.54. The summed E-state index contributed by atoms with van der Waals surface area (Å²) in [4.78, 5) is 4.29. The number of benzene rings is 2. The molecule has 0 amide bonds. The summed E-state index contributed by atoms with van der Waals surface area (Å²) in [5, 5.41) is 16.2. The molecule has 108 valence electrons. The van der Waals surface area contributed by atoms with Crippen LogP contribution in [0.5, 0.6) is 0 Å². The van der Waals surface area contributed by atoms with E-state index in [0.29, 0.717) is 27.9 Å². The fraction of sp³-hybridized carbons (Fsp3) is 0.0625. The lowest BCUT2D eigenvalue weighted by molar-refractivity contribution is 0.630. The van der Waals surface area contributed by atoms with E-state index in [0.717, 1.165) is 5.56 Å². The molecular weight excluding hydrogens is 299 g/mol. The molecule has 4 nitrogen and oxygen atoms in total. The molecule has 22 heavy (non-hydrogen) atoms. The van der Waals surface area contributed by atoms with Crippen LogP contribution in [0.2, 0.25) is 0 Å². The Morgan fingerprint density at radius 2 is 1.91 bits per heavy atom. The first-order valence-electron chi connectivity index (χ1n) is 6.55. The van der Waals surface area contributed by atoms with Gasteiger partial charge < -0.3 is 0 Å². The molecule has 2 aromatic carbocycles. The quantitative estimate of drug-likeness (QED) is 0.745. The van der Waals surface area contributed by atoms with Gasteiger partial charge in [0.05, 0.1) is 17.2 Å². The summed E-state index contributed by atoms with van der Waals surface area (Å²) >= 11 is 1.45. The zero-order chi connectivity index (χ0) is 15.4. The van der Waals surface area contributed by atoms with Crippen LogP contribution in [0.1, 0.15) is 11.1 Å². The maximum Gasteiger partial charge on any atom is 0.209 e. The highest BCUT2D eigenvalue weighted by Crippen LogP contribution is 2.23. The fourth-order valence-electron chi connectivity index (χ4n) is 1.91. The standard InChI is InChI=1S/C16H11FN4S/c17-14-4-2-1-3-13(14)15-19-16(21-20-15)22-10-12-7-5-11(9-18)6-8-12/h1-8H,10H2,(H,19,20,21). The third kappa shape index (κ3) is 3.15. The van der Waals surface area contributed by atoms with Crippen molar-refractivity contribution in [3.05, 3.63) is 65.5 Å². The van der Waals surface area contributed by atoms with Crippen LogP contribution in [-0.4, -0.2) is 15.2 Å². The van der Waals surface area contributed by atoms with Crippen LogP contribution in [0.4, 0.5) is 4.39 Å². The van der Waals surface area contributed by atoms with Gasteiger partial charge in [-0.15, -0.1) is 5.10 Å². The van der Waals surface area contributed by atoms with Crippen molar-refractivity contribution in [3.63, 3.8) is 0 Å². The molecule has 1 aromatic heterocycles. The number of thioether (sulfide) groups is 1. The molecule has 1 N–H and O–H groups in total. The molecule has 3 aromatic rings. The topological polar surface area (TPSA) is 65.4 Å². The van der Waals surface area contributed by atoms with Crippen molar-refractivity contribution in [2.75, 3.05) is 0 Å². The Labute approximate surface area is 131 Å². The van der Waals surface area contributed by atoms with Gasteiger partial charge in [-0.2, -0.15) is 5.26 Å². The number of nitrogens with zero attached hydrogens (tertiary/aromatic N) is 3. The van der Waals surface area contributed by atoms with Crippen LogP contribution in [0.25, 0.3) is 11.4 Å². The molecular formula is C16H11FN4S. The van der Waals surface area contributed by atoms with Crippen molar-refractivity contribution in [2.45, 2.75) is 10.9 Å². The van der Waals surface area contributed by atoms with Crippen LogP contribution in [-0.2, 0) is 5.75 Å². The van der Waals surface area contributed by atoms with E-state index in [1.807, 2.05) is 12.1 Å². The van der Waals surface area contributed by atoms with Crippen molar-refractivity contribution in [3.8, 4) is 17.5 Å². The summed E-state index contributed by atoms with van der Waals surface area (Å²) in [6.07, 6.45) is 0. The summed E-state index contributed by atoms with van der Waals surface area (Å²) in [6, 6.07) is 15.9. The molecule has 0 radical (unpaired) electrons. The van der Waals surface area contributed by atoms with E-state index in [1.54, 1.807) is 30.3 Å².